The summed E-state index contributed by atoms with van der Waals surface area (Å²) >= 11 is 0. The molecule has 1 aromatic heterocycles. The van der Waals surface area contributed by atoms with Gasteiger partial charge in [0.1, 0.15) is 6.29 Å². The molecule has 1 fully saturated rings. The Bertz CT molecular complexity index is 1400. The molecule has 1 atom stereocenters. The SMILES string of the molecule is Cc1cccc(C)c1S(=O)(=O)NC(CCCCNC1NCCN1)(NC(=O)c1cccc2[nH]ncc12)C(=O)O. The lowest BCUT2D eigenvalue weighted by Gasteiger charge is -2.32. The zero-order valence-electron chi connectivity index (χ0n) is 21.3. The average Bonchev–Trinajstić information content (AvgIpc) is 3.55. The van der Waals surface area contributed by atoms with Crippen molar-refractivity contribution < 1.29 is 23.1 Å². The maximum atomic E-state index is 13.6. The van der Waals surface area contributed by atoms with Gasteiger partial charge in [-0.25, -0.2) is 13.2 Å². The van der Waals surface area contributed by atoms with Crippen LogP contribution in [0.3, 0.4) is 0 Å². The first-order valence-electron chi connectivity index (χ1n) is 12.4. The van der Waals surface area contributed by atoms with Gasteiger partial charge in [-0.1, -0.05) is 24.3 Å². The van der Waals surface area contributed by atoms with E-state index in [0.29, 0.717) is 41.4 Å². The average molecular weight is 544 g/mol. The van der Waals surface area contributed by atoms with Gasteiger partial charge in [0.05, 0.1) is 22.2 Å². The molecule has 7 N–H and O–H groups in total. The van der Waals surface area contributed by atoms with Crippen LogP contribution in [-0.4, -0.2) is 67.2 Å². The van der Waals surface area contributed by atoms with Gasteiger partial charge in [0.25, 0.3) is 5.91 Å². The van der Waals surface area contributed by atoms with Crippen LogP contribution in [0.25, 0.3) is 10.9 Å². The Hall–Kier alpha value is -3.36. The fraction of sp³-hybridized carbons (Fsp3) is 0.400. The summed E-state index contributed by atoms with van der Waals surface area (Å²) in [6.45, 7) is 5.52. The second-order valence-corrected chi connectivity index (χ2v) is 11.0. The molecule has 204 valence electrons. The molecule has 1 saturated heterocycles. The van der Waals surface area contributed by atoms with Crippen LogP contribution in [0.1, 0.15) is 40.7 Å². The Morgan fingerprint density at radius 1 is 1.08 bits per heavy atom. The lowest BCUT2D eigenvalue weighted by molar-refractivity contribution is -0.145. The van der Waals surface area contributed by atoms with Gasteiger partial charge in [0, 0.05) is 18.5 Å². The molecule has 1 amide bonds. The molecule has 38 heavy (non-hydrogen) atoms. The fourth-order valence-corrected chi connectivity index (χ4v) is 6.47. The number of hydrogen-bond donors (Lipinski definition) is 7. The first-order valence-corrected chi connectivity index (χ1v) is 13.9. The van der Waals surface area contributed by atoms with Crippen molar-refractivity contribution >= 4 is 32.8 Å². The second-order valence-electron chi connectivity index (χ2n) is 9.38. The molecule has 2 aromatic carbocycles. The molecule has 12 nitrogen and oxygen atoms in total. The van der Waals surface area contributed by atoms with Gasteiger partial charge >= 0.3 is 5.97 Å². The van der Waals surface area contributed by atoms with Crippen LogP contribution in [0.5, 0.6) is 0 Å². The van der Waals surface area contributed by atoms with Gasteiger partial charge in [-0.2, -0.15) is 9.82 Å². The highest BCUT2D eigenvalue weighted by atomic mass is 32.2. The van der Waals surface area contributed by atoms with Gasteiger partial charge in [-0.3, -0.25) is 25.8 Å². The molecule has 1 aliphatic rings. The number of fused-ring (bicyclic) bond motifs is 1. The van der Waals surface area contributed by atoms with Gasteiger partial charge in [-0.15, -0.1) is 0 Å². The van der Waals surface area contributed by atoms with Gasteiger partial charge in [0.15, 0.2) is 0 Å². The quantitative estimate of drug-likeness (QED) is 0.129. The number of carbonyl (C=O) groups is 2. The number of aliphatic carboxylic acids is 1. The summed E-state index contributed by atoms with van der Waals surface area (Å²) in [7, 11) is -4.34. The number of aromatic nitrogens is 2. The topological polar surface area (TPSA) is 177 Å². The number of nitrogens with zero attached hydrogens (tertiary/aromatic N) is 1. The number of carboxylic acid groups (broad SMARTS) is 1. The molecule has 3 aromatic rings. The molecule has 0 radical (unpaired) electrons. The Kier molecular flexibility index (Phi) is 8.43. The Morgan fingerprint density at radius 3 is 2.45 bits per heavy atom. The van der Waals surface area contributed by atoms with Gasteiger partial charge in [0.2, 0.25) is 15.7 Å². The van der Waals surface area contributed by atoms with Crippen molar-refractivity contribution in [3.05, 3.63) is 59.3 Å². The molecule has 0 aliphatic carbocycles. The Labute approximate surface area is 221 Å². The van der Waals surface area contributed by atoms with Crippen LogP contribution in [-0.2, 0) is 14.8 Å². The van der Waals surface area contributed by atoms with Gasteiger partial charge in [-0.05, 0) is 62.9 Å². The minimum absolute atomic E-state index is 0.0168. The summed E-state index contributed by atoms with van der Waals surface area (Å²) in [5.74, 6) is -2.24. The van der Waals surface area contributed by atoms with Crippen LogP contribution in [0.15, 0.2) is 47.5 Å². The van der Waals surface area contributed by atoms with E-state index in [0.717, 1.165) is 13.1 Å². The van der Waals surface area contributed by atoms with Crippen LogP contribution < -0.4 is 26.0 Å². The van der Waals surface area contributed by atoms with Crippen molar-refractivity contribution in [2.45, 2.75) is 50.0 Å². The second kappa shape index (κ2) is 11.6. The number of unbranched alkanes of at least 4 members (excludes halogenated alkanes) is 1. The number of carbonyl (C=O) groups excluding carboxylic acids is 1. The molecule has 0 spiro atoms. The highest BCUT2D eigenvalue weighted by Crippen LogP contribution is 2.24. The lowest BCUT2D eigenvalue weighted by Crippen LogP contribution is -2.65. The Morgan fingerprint density at radius 2 is 1.76 bits per heavy atom. The van der Waals surface area contributed by atoms with Gasteiger partial charge < -0.3 is 10.4 Å². The third-order valence-electron chi connectivity index (χ3n) is 6.56. The number of nitrogens with one attached hydrogen (secondary N) is 6. The number of aryl methyl sites for hydroxylation is 2. The van der Waals surface area contributed by atoms with E-state index in [2.05, 4.69) is 36.2 Å². The molecule has 0 bridgehead atoms. The Balaban J connectivity index is 1.62. The fourth-order valence-electron chi connectivity index (χ4n) is 4.68. The van der Waals surface area contributed by atoms with Crippen molar-refractivity contribution in [2.75, 3.05) is 19.6 Å². The van der Waals surface area contributed by atoms with Crippen LogP contribution in [0, 0.1) is 13.8 Å². The normalized spacial score (nSPS) is 15.9. The van der Waals surface area contributed by atoms with E-state index in [1.165, 1.54) is 12.3 Å². The molecular formula is C25H33N7O5S. The van der Waals surface area contributed by atoms with Crippen molar-refractivity contribution in [1.82, 2.24) is 36.2 Å². The molecule has 4 rings (SSSR count). The standard InChI is InChI=1S/C25H33N7O5S/c1-16-7-5-8-17(2)21(16)38(36,37)32-25(23(34)35,11-3-4-12-26-24-27-13-14-28-24)30-22(33)18-9-6-10-20-19(18)15-29-31-20/h5-10,15,24,26-28,32H,3-4,11-14H2,1-2H3,(H,29,31)(H,30,33)(H,34,35). The molecule has 0 saturated carbocycles. The predicted molar refractivity (Wildman–Crippen MR) is 142 cm³/mol. The first kappa shape index (κ1) is 27.7. The van der Waals surface area contributed by atoms with E-state index in [9.17, 15) is 23.1 Å². The highest BCUT2D eigenvalue weighted by molar-refractivity contribution is 7.89. The van der Waals surface area contributed by atoms with Crippen LogP contribution in [0.4, 0.5) is 0 Å². The first-order chi connectivity index (χ1) is 18.1. The number of aromatic amines is 1. The lowest BCUT2D eigenvalue weighted by atomic mass is 10.0. The number of H-pyrrole nitrogens is 1. The van der Waals surface area contributed by atoms with Crippen LogP contribution in [0.2, 0.25) is 0 Å². The minimum Gasteiger partial charge on any atom is -0.478 e. The molecular weight excluding hydrogens is 510 g/mol. The number of rotatable bonds is 12. The predicted octanol–water partition coefficient (Wildman–Crippen LogP) is 0.905. The molecule has 13 heteroatoms. The van der Waals surface area contributed by atoms with Crippen molar-refractivity contribution in [3.8, 4) is 0 Å². The zero-order chi connectivity index (χ0) is 27.3. The maximum Gasteiger partial charge on any atom is 0.345 e. The van der Waals surface area contributed by atoms with E-state index in [-0.39, 0.29) is 23.2 Å². The number of benzene rings is 2. The maximum absolute atomic E-state index is 13.6. The minimum atomic E-state index is -4.34. The molecule has 2 heterocycles. The van der Waals surface area contributed by atoms with Crippen molar-refractivity contribution in [1.29, 1.82) is 0 Å². The highest BCUT2D eigenvalue weighted by Gasteiger charge is 2.44. The number of carboxylic acids is 1. The summed E-state index contributed by atoms with van der Waals surface area (Å²) < 4.78 is 29.5. The monoisotopic (exact) mass is 543 g/mol. The van der Waals surface area contributed by atoms with E-state index < -0.39 is 27.6 Å². The third kappa shape index (κ3) is 6.03. The number of hydrogen-bond acceptors (Lipinski definition) is 8. The van der Waals surface area contributed by atoms with Crippen molar-refractivity contribution in [3.63, 3.8) is 0 Å². The summed E-state index contributed by atoms with van der Waals surface area (Å²) in [5.41, 5.74) is -0.595. The summed E-state index contributed by atoms with van der Waals surface area (Å²) in [6.07, 6.45) is 2.12. The van der Waals surface area contributed by atoms with Crippen molar-refractivity contribution in [2.24, 2.45) is 0 Å². The van der Waals surface area contributed by atoms with Crippen LogP contribution >= 0.6 is 0 Å². The number of amides is 1. The van der Waals surface area contributed by atoms with E-state index in [1.54, 1.807) is 44.2 Å². The van der Waals surface area contributed by atoms with E-state index in [1.807, 2.05) is 0 Å². The summed E-state index contributed by atoms with van der Waals surface area (Å²) in [6, 6.07) is 9.90. The summed E-state index contributed by atoms with van der Waals surface area (Å²) in [4.78, 5) is 26.2. The van der Waals surface area contributed by atoms with E-state index >= 15 is 0 Å². The third-order valence-corrected chi connectivity index (χ3v) is 8.36. The zero-order valence-corrected chi connectivity index (χ0v) is 22.1. The smallest absolute Gasteiger partial charge is 0.345 e. The largest absolute Gasteiger partial charge is 0.478 e. The van der Waals surface area contributed by atoms with E-state index in [4.69, 9.17) is 0 Å². The molecule has 1 aliphatic heterocycles. The molecule has 1 unspecified atom stereocenters. The summed E-state index contributed by atoms with van der Waals surface area (Å²) in [5, 5.41) is 29.8. The number of sulfonamides is 1.